The van der Waals surface area contributed by atoms with Crippen molar-refractivity contribution in [2.45, 2.75) is 32.7 Å². The molecule has 0 aliphatic carbocycles. The smallest absolute Gasteiger partial charge is 0.217 e. The van der Waals surface area contributed by atoms with E-state index in [4.69, 9.17) is 5.73 Å². The standard InChI is InChI=1S/C12H19N5O/c1-3-11-15-10(13)6-12(16-11)17-5-4-9(7-17)14-8(2)18/h6,9H,3-5,7H2,1-2H3,(H,14,18)(H2,13,15,16). The van der Waals surface area contributed by atoms with Gasteiger partial charge in [0.15, 0.2) is 0 Å². The minimum absolute atomic E-state index is 0.0123. The molecule has 1 fully saturated rings. The SMILES string of the molecule is CCc1nc(N)cc(N2CCC(NC(C)=O)C2)n1. The van der Waals surface area contributed by atoms with Crippen LogP contribution in [0.5, 0.6) is 0 Å². The maximum absolute atomic E-state index is 11.0. The molecule has 0 bridgehead atoms. The monoisotopic (exact) mass is 249 g/mol. The molecule has 0 spiro atoms. The van der Waals surface area contributed by atoms with Gasteiger partial charge < -0.3 is 16.0 Å². The fourth-order valence-corrected chi connectivity index (χ4v) is 2.20. The molecule has 2 rings (SSSR count). The Hall–Kier alpha value is -1.85. The van der Waals surface area contributed by atoms with E-state index in [0.717, 1.165) is 37.6 Å². The number of hydrogen-bond donors (Lipinski definition) is 2. The van der Waals surface area contributed by atoms with Crippen LogP contribution in [-0.2, 0) is 11.2 Å². The first-order chi connectivity index (χ1) is 8.58. The predicted octanol–water partition coefficient (Wildman–Crippen LogP) is 0.336. The van der Waals surface area contributed by atoms with E-state index in [1.807, 2.05) is 6.92 Å². The summed E-state index contributed by atoms with van der Waals surface area (Å²) in [4.78, 5) is 21.8. The highest BCUT2D eigenvalue weighted by Crippen LogP contribution is 2.20. The van der Waals surface area contributed by atoms with E-state index in [9.17, 15) is 4.79 Å². The van der Waals surface area contributed by atoms with E-state index in [1.54, 1.807) is 13.0 Å². The molecule has 3 N–H and O–H groups in total. The van der Waals surface area contributed by atoms with Gasteiger partial charge in [0.1, 0.15) is 17.5 Å². The molecule has 1 aromatic rings. The van der Waals surface area contributed by atoms with Crippen molar-refractivity contribution in [3.63, 3.8) is 0 Å². The summed E-state index contributed by atoms with van der Waals surface area (Å²) in [7, 11) is 0. The number of nitrogens with zero attached hydrogens (tertiary/aromatic N) is 3. The van der Waals surface area contributed by atoms with Gasteiger partial charge in [-0.25, -0.2) is 9.97 Å². The highest BCUT2D eigenvalue weighted by atomic mass is 16.1. The fourth-order valence-electron chi connectivity index (χ4n) is 2.20. The van der Waals surface area contributed by atoms with Crippen molar-refractivity contribution in [2.75, 3.05) is 23.7 Å². The van der Waals surface area contributed by atoms with Crippen LogP contribution >= 0.6 is 0 Å². The molecule has 1 unspecified atom stereocenters. The lowest BCUT2D eigenvalue weighted by atomic mass is 10.3. The summed E-state index contributed by atoms with van der Waals surface area (Å²) in [6, 6.07) is 1.98. The second-order valence-corrected chi connectivity index (χ2v) is 4.55. The number of aryl methyl sites for hydroxylation is 1. The third-order valence-electron chi connectivity index (χ3n) is 3.01. The molecule has 98 valence electrons. The quantitative estimate of drug-likeness (QED) is 0.806. The van der Waals surface area contributed by atoms with E-state index in [-0.39, 0.29) is 11.9 Å². The van der Waals surface area contributed by atoms with E-state index >= 15 is 0 Å². The molecular weight excluding hydrogens is 230 g/mol. The van der Waals surface area contributed by atoms with Crippen molar-refractivity contribution in [2.24, 2.45) is 0 Å². The molecule has 1 aromatic heterocycles. The first-order valence-corrected chi connectivity index (χ1v) is 6.24. The number of aromatic nitrogens is 2. The van der Waals surface area contributed by atoms with Gasteiger partial charge in [0.05, 0.1) is 0 Å². The average molecular weight is 249 g/mol. The third-order valence-corrected chi connectivity index (χ3v) is 3.01. The Bertz CT molecular complexity index is 448. The maximum Gasteiger partial charge on any atom is 0.217 e. The lowest BCUT2D eigenvalue weighted by Crippen LogP contribution is -2.35. The molecular formula is C12H19N5O. The maximum atomic E-state index is 11.0. The van der Waals surface area contributed by atoms with Gasteiger partial charge in [0.25, 0.3) is 0 Å². The predicted molar refractivity (Wildman–Crippen MR) is 70.3 cm³/mol. The minimum atomic E-state index is 0.0123. The molecule has 0 saturated carbocycles. The van der Waals surface area contributed by atoms with Crippen molar-refractivity contribution in [1.82, 2.24) is 15.3 Å². The molecule has 0 radical (unpaired) electrons. The highest BCUT2D eigenvalue weighted by Gasteiger charge is 2.24. The van der Waals surface area contributed by atoms with Gasteiger partial charge >= 0.3 is 0 Å². The van der Waals surface area contributed by atoms with Crippen LogP contribution in [0.1, 0.15) is 26.1 Å². The van der Waals surface area contributed by atoms with Crippen LogP contribution in [0.2, 0.25) is 0 Å². The van der Waals surface area contributed by atoms with Crippen LogP contribution in [0.15, 0.2) is 6.07 Å². The molecule has 1 amide bonds. The number of anilines is 2. The Morgan fingerprint density at radius 1 is 1.61 bits per heavy atom. The van der Waals surface area contributed by atoms with Crippen LogP contribution in [-0.4, -0.2) is 35.0 Å². The number of nitrogen functional groups attached to an aromatic ring is 1. The molecule has 1 aliphatic rings. The summed E-state index contributed by atoms with van der Waals surface area (Å²) in [6.07, 6.45) is 1.70. The van der Waals surface area contributed by atoms with E-state index < -0.39 is 0 Å². The average Bonchev–Trinajstić information content (AvgIpc) is 2.75. The van der Waals surface area contributed by atoms with Crippen molar-refractivity contribution >= 4 is 17.5 Å². The third kappa shape index (κ3) is 2.88. The summed E-state index contributed by atoms with van der Waals surface area (Å²) in [5, 5.41) is 2.93. The number of nitrogens with two attached hydrogens (primary N) is 1. The van der Waals surface area contributed by atoms with Gasteiger partial charge in [-0.2, -0.15) is 0 Å². The lowest BCUT2D eigenvalue weighted by Gasteiger charge is -2.18. The Kier molecular flexibility index (Phi) is 3.64. The molecule has 6 heteroatoms. The van der Waals surface area contributed by atoms with Crippen LogP contribution < -0.4 is 16.0 Å². The summed E-state index contributed by atoms with van der Waals surface area (Å²) >= 11 is 0. The Morgan fingerprint density at radius 3 is 3.06 bits per heavy atom. The number of rotatable bonds is 3. The molecule has 1 atom stereocenters. The lowest BCUT2D eigenvalue weighted by molar-refractivity contribution is -0.119. The second kappa shape index (κ2) is 5.20. The number of carbonyl (C=O) groups excluding carboxylic acids is 1. The van der Waals surface area contributed by atoms with Gasteiger partial charge in [-0.15, -0.1) is 0 Å². The molecule has 1 aliphatic heterocycles. The first-order valence-electron chi connectivity index (χ1n) is 6.24. The zero-order valence-corrected chi connectivity index (χ0v) is 10.8. The van der Waals surface area contributed by atoms with E-state index in [1.165, 1.54) is 0 Å². The van der Waals surface area contributed by atoms with Gasteiger partial charge in [0, 0.05) is 38.5 Å². The van der Waals surface area contributed by atoms with Crippen molar-refractivity contribution < 1.29 is 4.79 Å². The van der Waals surface area contributed by atoms with Crippen LogP contribution in [0.3, 0.4) is 0 Å². The number of amides is 1. The molecule has 18 heavy (non-hydrogen) atoms. The van der Waals surface area contributed by atoms with Gasteiger partial charge in [0.2, 0.25) is 5.91 Å². The largest absolute Gasteiger partial charge is 0.384 e. The van der Waals surface area contributed by atoms with Gasteiger partial charge in [-0.05, 0) is 6.42 Å². The van der Waals surface area contributed by atoms with E-state index in [0.29, 0.717) is 5.82 Å². The van der Waals surface area contributed by atoms with Crippen molar-refractivity contribution in [3.05, 3.63) is 11.9 Å². The molecule has 2 heterocycles. The van der Waals surface area contributed by atoms with Crippen molar-refractivity contribution in [1.29, 1.82) is 0 Å². The fraction of sp³-hybridized carbons (Fsp3) is 0.583. The molecule has 0 aromatic carbocycles. The highest BCUT2D eigenvalue weighted by molar-refractivity contribution is 5.73. The number of hydrogen-bond acceptors (Lipinski definition) is 5. The van der Waals surface area contributed by atoms with Gasteiger partial charge in [-0.1, -0.05) is 6.92 Å². The number of carbonyl (C=O) groups is 1. The minimum Gasteiger partial charge on any atom is -0.384 e. The van der Waals surface area contributed by atoms with Gasteiger partial charge in [-0.3, -0.25) is 4.79 Å². The normalized spacial score (nSPS) is 19.0. The van der Waals surface area contributed by atoms with E-state index in [2.05, 4.69) is 20.2 Å². The molecule has 6 nitrogen and oxygen atoms in total. The Balaban J connectivity index is 2.09. The van der Waals surface area contributed by atoms with Crippen LogP contribution in [0.25, 0.3) is 0 Å². The topological polar surface area (TPSA) is 84.1 Å². The Morgan fingerprint density at radius 2 is 2.39 bits per heavy atom. The Labute approximate surface area is 107 Å². The summed E-state index contributed by atoms with van der Waals surface area (Å²) < 4.78 is 0. The van der Waals surface area contributed by atoms with Crippen molar-refractivity contribution in [3.8, 4) is 0 Å². The van der Waals surface area contributed by atoms with Crippen LogP contribution in [0.4, 0.5) is 11.6 Å². The summed E-state index contributed by atoms with van der Waals surface area (Å²) in [5.74, 6) is 2.12. The number of nitrogens with one attached hydrogen (secondary N) is 1. The second-order valence-electron chi connectivity index (χ2n) is 4.55. The first kappa shape index (κ1) is 12.6. The summed E-state index contributed by atoms with van der Waals surface area (Å²) in [6.45, 7) is 5.20. The zero-order chi connectivity index (χ0) is 13.1. The summed E-state index contributed by atoms with van der Waals surface area (Å²) in [5.41, 5.74) is 5.77. The zero-order valence-electron chi connectivity index (χ0n) is 10.8. The molecule has 1 saturated heterocycles. The van der Waals surface area contributed by atoms with Crippen LogP contribution in [0, 0.1) is 0 Å².